The molecule has 0 aliphatic heterocycles. The SMILES string of the molecule is c1ccc(-c2nc3ccccc3nc2-c2ccc(-c3ccc(-c4c5ccccc5c(-c5cccnc5)c5ccccc45)cc3)cc2)cc1.c1ccc(-c2nc3ccccc3nc2-c2cccc(-c3cccc(-c4c5ccccc5c(-c5cccnc5)c5ccccc45)c3)c2)cc1.c1ccc(-c2nc3ccccc3nc2-c2ccccc2-c2cccc(-c3c4ccccc4c(-c4cccnc4)c4ccccc34)c2)cc1. The number of hydrogen-bond donors (Lipinski definition) is 0. The zero-order chi connectivity index (χ0) is 95.6. The fourth-order valence-electron chi connectivity index (χ4n) is 20.9. The maximum absolute atomic E-state index is 5.24. The highest BCUT2D eigenvalue weighted by Gasteiger charge is 2.26. The van der Waals surface area contributed by atoms with Crippen molar-refractivity contribution >= 4 is 97.7 Å². The summed E-state index contributed by atoms with van der Waals surface area (Å²) in [6, 6.07) is 173. The molecule has 9 nitrogen and oxygen atoms in total. The molecule has 0 N–H and O–H groups in total. The number of hydrogen-bond acceptors (Lipinski definition) is 9. The summed E-state index contributed by atoms with van der Waals surface area (Å²) in [5, 5.41) is 14.7. The minimum absolute atomic E-state index is 0.873. The maximum atomic E-state index is 5.24. The maximum Gasteiger partial charge on any atom is 0.0979 e. The van der Waals surface area contributed by atoms with E-state index in [1.165, 1.54) is 120 Å². The first-order valence-corrected chi connectivity index (χ1v) is 48.6. The average Bonchev–Trinajstić information content (AvgIpc) is 0.737. The molecule has 9 heteroatoms. The highest BCUT2D eigenvalue weighted by Crippen LogP contribution is 2.50. The predicted octanol–water partition coefficient (Wildman–Crippen LogP) is 35.0. The molecule has 0 aliphatic rings. The van der Waals surface area contributed by atoms with Crippen molar-refractivity contribution in [2.45, 2.75) is 0 Å². The van der Waals surface area contributed by atoms with E-state index in [2.05, 4.69) is 385 Å². The second-order valence-corrected chi connectivity index (χ2v) is 36.0. The summed E-state index contributed by atoms with van der Waals surface area (Å²) < 4.78 is 0. The second-order valence-electron chi connectivity index (χ2n) is 36.0. The van der Waals surface area contributed by atoms with Crippen molar-refractivity contribution < 1.29 is 0 Å². The van der Waals surface area contributed by atoms with Crippen LogP contribution in [0.4, 0.5) is 0 Å². The molecule has 0 bridgehead atoms. The van der Waals surface area contributed by atoms with Gasteiger partial charge in [-0.1, -0.05) is 419 Å². The Morgan fingerprint density at radius 3 is 0.632 bits per heavy atom. The van der Waals surface area contributed by atoms with Gasteiger partial charge in [-0.2, -0.15) is 0 Å². The van der Waals surface area contributed by atoms with Gasteiger partial charge in [0, 0.05) is 87.3 Å². The van der Waals surface area contributed by atoms with Crippen LogP contribution in [0.5, 0.6) is 0 Å². The van der Waals surface area contributed by atoms with Crippen molar-refractivity contribution in [2.24, 2.45) is 0 Å². The van der Waals surface area contributed by atoms with Crippen molar-refractivity contribution in [1.82, 2.24) is 44.9 Å². The van der Waals surface area contributed by atoms with E-state index in [0.717, 1.165) is 145 Å². The van der Waals surface area contributed by atoms with Crippen LogP contribution in [0.2, 0.25) is 0 Å². The summed E-state index contributed by atoms with van der Waals surface area (Å²) >= 11 is 0. The molecule has 6 heterocycles. The fraction of sp³-hybridized carbons (Fsp3) is 0. The van der Waals surface area contributed by atoms with Gasteiger partial charge in [-0.25, -0.2) is 29.9 Å². The lowest BCUT2D eigenvalue weighted by Crippen LogP contribution is -1.97. The van der Waals surface area contributed by atoms with Gasteiger partial charge in [0.1, 0.15) is 0 Å². The van der Waals surface area contributed by atoms with Crippen LogP contribution in [-0.4, -0.2) is 44.9 Å². The van der Waals surface area contributed by atoms with Gasteiger partial charge in [0.25, 0.3) is 0 Å². The highest BCUT2D eigenvalue weighted by molar-refractivity contribution is 6.25. The van der Waals surface area contributed by atoms with Crippen LogP contribution in [-0.2, 0) is 0 Å². The molecule has 0 amide bonds. The minimum Gasteiger partial charge on any atom is -0.264 e. The van der Waals surface area contributed by atoms with Crippen LogP contribution >= 0.6 is 0 Å². The van der Waals surface area contributed by atoms with E-state index in [9.17, 15) is 0 Å². The second kappa shape index (κ2) is 38.2. The highest BCUT2D eigenvalue weighted by atomic mass is 14.9. The number of fused-ring (bicyclic) bond motifs is 9. The number of nitrogens with zero attached hydrogens (tertiary/aromatic N) is 9. The Balaban J connectivity index is 0.000000113. The van der Waals surface area contributed by atoms with Crippen molar-refractivity contribution in [3.05, 3.63) is 529 Å². The van der Waals surface area contributed by atoms with Crippen molar-refractivity contribution in [3.8, 4) is 168 Å². The standard InChI is InChI=1S/3C45H29N3/c1-2-14-30(15-3-1)44-45(48-41-26-11-10-25-40(41)47-44)39-24-9-4-19-34(39)31-16-12-17-32(28-31)42-35-20-5-7-22-37(35)43(33-18-13-27-46-29-33)38-23-8-6-21-36(38)42;1-2-13-30(14-3-1)44-45(48-41-25-9-8-24-40(41)47-44)34-18-11-16-32(28-34)31-15-10-17-33(27-31)42-36-20-4-6-22-38(36)43(35-19-12-26-46-29-35)39-23-7-5-21-37(39)42;1-2-11-33(12-3-1)44-45(48-41-19-9-8-18-40(41)47-44)34-26-22-31(23-27-34)30-20-24-32(25-21-30)42-36-14-4-6-16-38(36)43(35-13-10-28-46-29-35)39-17-7-5-15-37(39)42/h3*1-29H. The molecule has 0 fully saturated rings. The Kier molecular flexibility index (Phi) is 22.9. The Labute approximate surface area is 833 Å². The summed E-state index contributed by atoms with van der Waals surface area (Å²) in [6.45, 7) is 0. The number of pyridine rings is 3. The van der Waals surface area contributed by atoms with E-state index >= 15 is 0 Å². The first-order valence-electron chi connectivity index (χ1n) is 48.6. The topological polar surface area (TPSA) is 116 Å². The molecule has 21 aromatic carbocycles. The molecule has 0 saturated carbocycles. The summed E-state index contributed by atoms with van der Waals surface area (Å²) in [7, 11) is 0. The zero-order valence-corrected chi connectivity index (χ0v) is 78.3. The first kappa shape index (κ1) is 86.2. The lowest BCUT2D eigenvalue weighted by atomic mass is 9.85. The van der Waals surface area contributed by atoms with Gasteiger partial charge >= 0.3 is 0 Å². The van der Waals surface area contributed by atoms with Gasteiger partial charge in [-0.3, -0.25) is 15.0 Å². The van der Waals surface area contributed by atoms with Crippen LogP contribution in [0.15, 0.2) is 529 Å². The van der Waals surface area contributed by atoms with Gasteiger partial charge in [0.2, 0.25) is 0 Å². The third-order valence-corrected chi connectivity index (χ3v) is 27.4. The lowest BCUT2D eigenvalue weighted by Gasteiger charge is -2.18. The Bertz CT molecular complexity index is 9360. The molecule has 0 spiro atoms. The first-order chi connectivity index (χ1) is 71.5. The number of benzene rings is 21. The fourth-order valence-corrected chi connectivity index (χ4v) is 20.9. The van der Waals surface area contributed by atoms with Crippen molar-refractivity contribution in [1.29, 1.82) is 0 Å². The number of para-hydroxylation sites is 6. The van der Waals surface area contributed by atoms with E-state index in [1.807, 2.05) is 159 Å². The van der Waals surface area contributed by atoms with Gasteiger partial charge in [-0.15, -0.1) is 0 Å². The molecule has 0 radical (unpaired) electrons. The van der Waals surface area contributed by atoms with E-state index < -0.39 is 0 Å². The molecule has 0 unspecified atom stereocenters. The molecule has 0 aliphatic carbocycles. The molecular weight excluding hydrogens is 1750 g/mol. The molecule has 6 aromatic heterocycles. The van der Waals surface area contributed by atoms with E-state index in [1.54, 1.807) is 0 Å². The largest absolute Gasteiger partial charge is 0.264 e. The third-order valence-electron chi connectivity index (χ3n) is 27.4. The lowest BCUT2D eigenvalue weighted by molar-refractivity contribution is 1.29. The zero-order valence-electron chi connectivity index (χ0n) is 78.3. The summed E-state index contributed by atoms with van der Waals surface area (Å²) in [6.07, 6.45) is 11.4. The van der Waals surface area contributed by atoms with Crippen LogP contribution in [0.3, 0.4) is 0 Å². The van der Waals surface area contributed by atoms with Crippen LogP contribution in [0, 0.1) is 0 Å². The quantitative estimate of drug-likeness (QED) is 0.0925. The summed E-state index contributed by atoms with van der Waals surface area (Å²) in [4.78, 5) is 44.1. The van der Waals surface area contributed by atoms with Gasteiger partial charge in [0.15, 0.2) is 0 Å². The molecule has 672 valence electrons. The molecule has 27 rings (SSSR count). The van der Waals surface area contributed by atoms with Gasteiger partial charge in [0.05, 0.1) is 67.3 Å². The van der Waals surface area contributed by atoms with E-state index in [-0.39, 0.29) is 0 Å². The number of rotatable bonds is 15. The predicted molar refractivity (Wildman–Crippen MR) is 599 cm³/mol. The Morgan fingerprint density at radius 2 is 0.312 bits per heavy atom. The average molecular weight is 1840 g/mol. The van der Waals surface area contributed by atoms with Crippen molar-refractivity contribution in [2.75, 3.05) is 0 Å². The Morgan fingerprint density at radius 1 is 0.111 bits per heavy atom. The van der Waals surface area contributed by atoms with Crippen molar-refractivity contribution in [3.63, 3.8) is 0 Å². The molecule has 0 atom stereocenters. The molecule has 27 aromatic rings. The molecule has 144 heavy (non-hydrogen) atoms. The monoisotopic (exact) mass is 1830 g/mol. The van der Waals surface area contributed by atoms with Gasteiger partial charge < -0.3 is 0 Å². The van der Waals surface area contributed by atoms with E-state index in [0.29, 0.717) is 0 Å². The van der Waals surface area contributed by atoms with E-state index in [4.69, 9.17) is 29.9 Å². The summed E-state index contributed by atoms with van der Waals surface area (Å²) in [5.74, 6) is 0. The minimum atomic E-state index is 0.873. The van der Waals surface area contributed by atoms with Crippen LogP contribution in [0.25, 0.3) is 265 Å². The van der Waals surface area contributed by atoms with Gasteiger partial charge in [-0.05, 0) is 221 Å². The smallest absolute Gasteiger partial charge is 0.0979 e. The van der Waals surface area contributed by atoms with Crippen LogP contribution in [0.1, 0.15) is 0 Å². The normalized spacial score (nSPS) is 11.3. The van der Waals surface area contributed by atoms with Crippen LogP contribution < -0.4 is 0 Å². The Hall–Kier alpha value is -19.4. The number of aromatic nitrogens is 9. The third kappa shape index (κ3) is 16.4. The molecule has 0 saturated heterocycles. The molecular formula is C135H87N9. The summed E-state index contributed by atoms with van der Waals surface area (Å²) in [5.41, 5.74) is 38.0.